The van der Waals surface area contributed by atoms with Crippen LogP contribution in [-0.2, 0) is 5.41 Å². The summed E-state index contributed by atoms with van der Waals surface area (Å²) >= 11 is 0. The van der Waals surface area contributed by atoms with Gasteiger partial charge in [-0.15, -0.1) is 0 Å². The van der Waals surface area contributed by atoms with Crippen molar-refractivity contribution in [3.63, 3.8) is 0 Å². The summed E-state index contributed by atoms with van der Waals surface area (Å²) < 4.78 is 5.43. The van der Waals surface area contributed by atoms with Gasteiger partial charge in [-0.3, -0.25) is 0 Å². The molecule has 0 amide bonds. The molecule has 1 atom stereocenters. The van der Waals surface area contributed by atoms with Crippen LogP contribution < -0.4 is 4.74 Å². The maximum absolute atomic E-state index is 5.43. The van der Waals surface area contributed by atoms with Crippen molar-refractivity contribution >= 4 is 10.9 Å². The highest BCUT2D eigenvalue weighted by atomic mass is 16.5. The maximum atomic E-state index is 5.43. The lowest BCUT2D eigenvalue weighted by atomic mass is 9.83. The Bertz CT molecular complexity index is 871. The first kappa shape index (κ1) is 14.4. The Hall–Kier alpha value is -2.22. The molecule has 1 aliphatic carbocycles. The number of methoxy groups -OCH3 is 1. The molecule has 0 saturated heterocycles. The number of hydrogen-bond acceptors (Lipinski definition) is 1. The molecule has 1 unspecified atom stereocenters. The minimum atomic E-state index is 0.162. The summed E-state index contributed by atoms with van der Waals surface area (Å²) in [5, 5.41) is 1.30. The van der Waals surface area contributed by atoms with Crippen molar-refractivity contribution < 1.29 is 4.74 Å². The monoisotopic (exact) mass is 305 g/mol. The Morgan fingerprint density at radius 2 is 1.83 bits per heavy atom. The summed E-state index contributed by atoms with van der Waals surface area (Å²) in [5.41, 5.74) is 6.92. The molecule has 0 bridgehead atoms. The number of aryl methyl sites for hydroxylation is 1. The second kappa shape index (κ2) is 4.89. The molecule has 0 saturated carbocycles. The first-order valence-electron chi connectivity index (χ1n) is 8.26. The van der Waals surface area contributed by atoms with E-state index in [0.717, 1.165) is 12.2 Å². The third-order valence-electron chi connectivity index (χ3n) is 5.25. The van der Waals surface area contributed by atoms with E-state index in [1.807, 2.05) is 6.07 Å². The first-order chi connectivity index (χ1) is 11.0. The van der Waals surface area contributed by atoms with Gasteiger partial charge in [-0.2, -0.15) is 0 Å². The Labute approximate surface area is 137 Å². The van der Waals surface area contributed by atoms with E-state index in [1.54, 1.807) is 7.11 Å². The van der Waals surface area contributed by atoms with Gasteiger partial charge in [0.25, 0.3) is 0 Å². The van der Waals surface area contributed by atoms with Gasteiger partial charge in [0.15, 0.2) is 0 Å². The Kier molecular flexibility index (Phi) is 3.06. The van der Waals surface area contributed by atoms with Crippen LogP contribution in [0, 0.1) is 6.92 Å². The van der Waals surface area contributed by atoms with Crippen LogP contribution in [0.2, 0.25) is 0 Å². The van der Waals surface area contributed by atoms with Gasteiger partial charge in [0.1, 0.15) is 5.75 Å². The van der Waals surface area contributed by atoms with E-state index in [0.29, 0.717) is 5.92 Å². The highest BCUT2D eigenvalue weighted by Gasteiger charge is 2.40. The number of nitrogens with one attached hydrogen (secondary N) is 1. The summed E-state index contributed by atoms with van der Waals surface area (Å²) in [6, 6.07) is 15.3. The van der Waals surface area contributed by atoms with Crippen molar-refractivity contribution in [2.45, 2.75) is 38.5 Å². The summed E-state index contributed by atoms with van der Waals surface area (Å²) in [7, 11) is 1.73. The molecule has 118 valence electrons. The van der Waals surface area contributed by atoms with Crippen LogP contribution in [0.4, 0.5) is 0 Å². The van der Waals surface area contributed by atoms with Crippen LogP contribution >= 0.6 is 0 Å². The van der Waals surface area contributed by atoms with Crippen molar-refractivity contribution in [2.24, 2.45) is 0 Å². The molecule has 2 heteroatoms. The number of fused-ring (bicyclic) bond motifs is 3. The minimum Gasteiger partial charge on any atom is -0.497 e. The molecule has 3 aromatic rings. The van der Waals surface area contributed by atoms with E-state index in [9.17, 15) is 0 Å². The van der Waals surface area contributed by atoms with Gasteiger partial charge in [-0.05, 0) is 48.1 Å². The average Bonchev–Trinajstić information content (AvgIpc) is 3.03. The average molecular weight is 305 g/mol. The lowest BCUT2D eigenvalue weighted by molar-refractivity contribution is 0.415. The fourth-order valence-electron chi connectivity index (χ4n) is 4.11. The van der Waals surface area contributed by atoms with E-state index in [-0.39, 0.29) is 5.41 Å². The minimum absolute atomic E-state index is 0.162. The second-order valence-corrected chi connectivity index (χ2v) is 7.38. The molecular formula is C21H23NO. The van der Waals surface area contributed by atoms with Crippen molar-refractivity contribution in [1.29, 1.82) is 0 Å². The first-order valence-corrected chi connectivity index (χ1v) is 8.26. The van der Waals surface area contributed by atoms with Crippen LogP contribution in [0.1, 0.15) is 48.6 Å². The number of rotatable bonds is 2. The van der Waals surface area contributed by atoms with Crippen molar-refractivity contribution in [3.8, 4) is 5.75 Å². The third-order valence-corrected chi connectivity index (χ3v) is 5.25. The second-order valence-electron chi connectivity index (χ2n) is 7.38. The zero-order valence-corrected chi connectivity index (χ0v) is 14.2. The largest absolute Gasteiger partial charge is 0.497 e. The van der Waals surface area contributed by atoms with E-state index >= 15 is 0 Å². The molecule has 0 aliphatic heterocycles. The smallest absolute Gasteiger partial charge is 0.119 e. The van der Waals surface area contributed by atoms with Crippen molar-refractivity contribution in [1.82, 2.24) is 4.98 Å². The van der Waals surface area contributed by atoms with E-state index < -0.39 is 0 Å². The number of aromatic nitrogens is 1. The number of H-pyrrole nitrogens is 1. The quantitative estimate of drug-likeness (QED) is 0.683. The summed E-state index contributed by atoms with van der Waals surface area (Å²) in [4.78, 5) is 3.69. The number of ether oxygens (including phenoxy) is 1. The molecule has 23 heavy (non-hydrogen) atoms. The van der Waals surface area contributed by atoms with Gasteiger partial charge in [-0.1, -0.05) is 43.7 Å². The highest BCUT2D eigenvalue weighted by molar-refractivity contribution is 5.88. The Morgan fingerprint density at radius 1 is 1.09 bits per heavy atom. The van der Waals surface area contributed by atoms with Crippen LogP contribution in [0.25, 0.3) is 10.9 Å². The van der Waals surface area contributed by atoms with Gasteiger partial charge in [-0.25, -0.2) is 0 Å². The third kappa shape index (κ3) is 2.16. The normalized spacial score (nSPS) is 19.0. The highest BCUT2D eigenvalue weighted by Crippen LogP contribution is 2.51. The van der Waals surface area contributed by atoms with Gasteiger partial charge < -0.3 is 9.72 Å². The van der Waals surface area contributed by atoms with Crippen molar-refractivity contribution in [2.75, 3.05) is 7.11 Å². The summed E-state index contributed by atoms with van der Waals surface area (Å²) in [6.45, 7) is 6.85. The summed E-state index contributed by atoms with van der Waals surface area (Å²) in [6.07, 6.45) is 1.14. The molecule has 1 N–H and O–H groups in total. The zero-order valence-electron chi connectivity index (χ0n) is 14.2. The van der Waals surface area contributed by atoms with Crippen LogP contribution in [0.5, 0.6) is 5.75 Å². The van der Waals surface area contributed by atoms with E-state index in [2.05, 4.69) is 62.2 Å². The Morgan fingerprint density at radius 3 is 2.52 bits per heavy atom. The standard InChI is InChI=1S/C21H23NO/c1-13-5-7-14(8-6-13)17-12-21(2,3)19-16-11-15(23-4)9-10-18(16)22-20(17)19/h5-11,17,22H,12H2,1-4H3. The SMILES string of the molecule is COc1ccc2[nH]c3c(c2c1)C(C)(C)CC3c1ccc(C)cc1. The van der Waals surface area contributed by atoms with Gasteiger partial charge in [0, 0.05) is 22.5 Å². The number of benzene rings is 2. The molecular weight excluding hydrogens is 282 g/mol. The van der Waals surface area contributed by atoms with E-state index in [4.69, 9.17) is 4.74 Å². The number of hydrogen-bond donors (Lipinski definition) is 1. The fourth-order valence-corrected chi connectivity index (χ4v) is 4.11. The maximum Gasteiger partial charge on any atom is 0.119 e. The van der Waals surface area contributed by atoms with Gasteiger partial charge >= 0.3 is 0 Å². The predicted molar refractivity (Wildman–Crippen MR) is 95.5 cm³/mol. The molecule has 1 aromatic heterocycles. The zero-order chi connectivity index (χ0) is 16.2. The molecule has 1 aliphatic rings. The van der Waals surface area contributed by atoms with E-state index in [1.165, 1.54) is 33.3 Å². The van der Waals surface area contributed by atoms with Gasteiger partial charge in [0.2, 0.25) is 0 Å². The lowest BCUT2D eigenvalue weighted by Gasteiger charge is -2.20. The molecule has 2 nitrogen and oxygen atoms in total. The predicted octanol–water partition coefficient (Wildman–Crippen LogP) is 5.30. The topological polar surface area (TPSA) is 25.0 Å². The molecule has 0 fully saturated rings. The van der Waals surface area contributed by atoms with Crippen LogP contribution in [0.3, 0.4) is 0 Å². The van der Waals surface area contributed by atoms with Gasteiger partial charge in [0.05, 0.1) is 7.11 Å². The molecule has 4 rings (SSSR count). The molecule has 1 heterocycles. The fraction of sp³-hybridized carbons (Fsp3) is 0.333. The summed E-state index contributed by atoms with van der Waals surface area (Å²) in [5.74, 6) is 1.37. The van der Waals surface area contributed by atoms with Crippen LogP contribution in [0.15, 0.2) is 42.5 Å². The molecule has 0 spiro atoms. The molecule has 0 radical (unpaired) electrons. The number of aromatic amines is 1. The molecule has 2 aromatic carbocycles. The lowest BCUT2D eigenvalue weighted by Crippen LogP contribution is -2.12. The van der Waals surface area contributed by atoms with Crippen molar-refractivity contribution in [3.05, 3.63) is 64.8 Å². The van der Waals surface area contributed by atoms with Crippen LogP contribution in [-0.4, -0.2) is 12.1 Å². The Balaban J connectivity index is 1.92.